The highest BCUT2D eigenvalue weighted by molar-refractivity contribution is 6.99. The van der Waals surface area contributed by atoms with E-state index in [0.29, 0.717) is 0 Å². The maximum absolute atomic E-state index is 7.63. The van der Waals surface area contributed by atoms with Gasteiger partial charge in [0.15, 0.2) is 0 Å². The normalized spacial score (nSPS) is 14.9. The molecule has 0 N–H and O–H groups in total. The Balaban J connectivity index is 0.830. The second-order valence-electron chi connectivity index (χ2n) is 27.7. The fraction of sp³-hybridized carbons (Fsp3) is 0.0930. The molecule has 0 amide bonds. The van der Waals surface area contributed by atoms with Crippen molar-refractivity contribution in [2.75, 3.05) is 4.90 Å². The SMILES string of the molecule is CC1(C)CCC(C)(C)c2c(-c3ccc(N4c5cc(-n6c7ccccc7c7ccccc76)ccc5B5c6ccc(-n7c8ccccc8c8ccccc87)cc6Oc6cc(-c7cc8c9c(c7)Oc7cc(-c%10ccccc%10)ccc7B9c7ccccc7O8)cc4c65)cc3)cccc21. The standard InChI is InChI=1S/C86H61B2N3O3/c1-85(2)43-44-86(3,4)82-60(25-18-26-65(82)85)53-33-36-57(37-34-53)89-74-50-58(90-70-28-13-8-21-61(70)62-22-9-14-29-71(62)90)38-41-66(74)87-69-42-39-59(91-72-30-15-10-23-63(72)64-24-11-16-31-73(64)91)51-78(69)94-79-47-55(45-75(89)83(79)87)56-48-80-84-81(49-56)93-77-46-54(52-19-6-5-7-20-52)35-40-68(77)88(84)67-27-12-17-32-76(67)92-80/h5-42,45-51H,43-44H2,1-4H3. The van der Waals surface area contributed by atoms with Gasteiger partial charge < -0.3 is 28.2 Å². The molecule has 444 valence electrons. The Labute approximate surface area is 546 Å². The lowest BCUT2D eigenvalue weighted by molar-refractivity contribution is 0.333. The number of hydrogen-bond acceptors (Lipinski definition) is 4. The number of hydrogen-bond donors (Lipinski definition) is 0. The van der Waals surface area contributed by atoms with Gasteiger partial charge in [0.25, 0.3) is 13.4 Å². The molecule has 6 nitrogen and oxygen atoms in total. The molecule has 5 aliphatic rings. The minimum atomic E-state index is -0.196. The first kappa shape index (κ1) is 53.5. The van der Waals surface area contributed by atoms with Crippen molar-refractivity contribution in [3.05, 3.63) is 284 Å². The van der Waals surface area contributed by atoms with Gasteiger partial charge in [-0.15, -0.1) is 0 Å². The van der Waals surface area contributed by atoms with Crippen molar-refractivity contribution in [1.82, 2.24) is 9.13 Å². The van der Waals surface area contributed by atoms with E-state index in [4.69, 9.17) is 14.2 Å². The van der Waals surface area contributed by atoms with Crippen molar-refractivity contribution in [2.45, 2.75) is 51.4 Å². The number of para-hydroxylation sites is 5. The van der Waals surface area contributed by atoms with Gasteiger partial charge in [-0.2, -0.15) is 0 Å². The quantitative estimate of drug-likeness (QED) is 0.156. The summed E-state index contributed by atoms with van der Waals surface area (Å²) in [5.41, 5.74) is 26.4. The Kier molecular flexibility index (Phi) is 11.2. The van der Waals surface area contributed by atoms with Crippen LogP contribution in [-0.4, -0.2) is 22.6 Å². The summed E-state index contributed by atoms with van der Waals surface area (Å²) in [5.74, 6) is 4.87. The monoisotopic (exact) mass is 1210 g/mol. The first-order chi connectivity index (χ1) is 46.1. The Hall–Kier alpha value is -11.2. The van der Waals surface area contributed by atoms with E-state index >= 15 is 0 Å². The van der Waals surface area contributed by atoms with E-state index in [1.807, 2.05) is 0 Å². The predicted molar refractivity (Wildman–Crippen MR) is 390 cm³/mol. The number of aromatic nitrogens is 2. The zero-order chi connectivity index (χ0) is 62.3. The van der Waals surface area contributed by atoms with E-state index in [0.717, 1.165) is 147 Å². The summed E-state index contributed by atoms with van der Waals surface area (Å²) in [6.07, 6.45) is 2.29. The van der Waals surface area contributed by atoms with Crippen LogP contribution in [0.4, 0.5) is 17.1 Å². The molecular formula is C86H61B2N3O3. The van der Waals surface area contributed by atoms with Crippen molar-refractivity contribution in [3.8, 4) is 79.3 Å². The number of fused-ring (bicyclic) bond motifs is 15. The van der Waals surface area contributed by atoms with E-state index in [2.05, 4.69) is 315 Å². The largest absolute Gasteiger partial charge is 0.458 e. The van der Waals surface area contributed by atoms with Crippen molar-refractivity contribution >= 4 is 107 Å². The predicted octanol–water partition coefficient (Wildman–Crippen LogP) is 18.4. The first-order valence-electron chi connectivity index (χ1n) is 33.1. The van der Waals surface area contributed by atoms with Gasteiger partial charge in [-0.05, 0) is 186 Å². The van der Waals surface area contributed by atoms with Gasteiger partial charge >= 0.3 is 0 Å². The van der Waals surface area contributed by atoms with Crippen molar-refractivity contribution in [3.63, 3.8) is 0 Å². The van der Waals surface area contributed by atoms with Crippen molar-refractivity contribution in [1.29, 1.82) is 0 Å². The molecule has 94 heavy (non-hydrogen) atoms. The molecule has 0 atom stereocenters. The molecule has 8 heteroatoms. The van der Waals surface area contributed by atoms with E-state index in [9.17, 15) is 0 Å². The van der Waals surface area contributed by atoms with Crippen LogP contribution in [0, 0.1) is 0 Å². The molecule has 0 saturated heterocycles. The van der Waals surface area contributed by atoms with Crippen LogP contribution in [0.3, 0.4) is 0 Å². The smallest absolute Gasteiger partial charge is 0.260 e. The third-order valence-corrected chi connectivity index (χ3v) is 21.5. The van der Waals surface area contributed by atoms with Gasteiger partial charge in [0.1, 0.15) is 34.5 Å². The number of nitrogens with zero attached hydrogens (tertiary/aromatic N) is 3. The number of benzene rings is 13. The number of ether oxygens (including phenoxy) is 3. The van der Waals surface area contributed by atoms with Crippen LogP contribution in [0.25, 0.3) is 88.4 Å². The molecule has 15 aromatic rings. The van der Waals surface area contributed by atoms with Gasteiger partial charge in [0.2, 0.25) is 0 Å². The van der Waals surface area contributed by atoms with Gasteiger partial charge in [-0.25, -0.2) is 0 Å². The van der Waals surface area contributed by atoms with E-state index < -0.39 is 0 Å². The van der Waals surface area contributed by atoms with Crippen LogP contribution in [-0.2, 0) is 10.8 Å². The molecule has 1 aliphatic carbocycles. The summed E-state index contributed by atoms with van der Waals surface area (Å²) < 4.78 is 26.8. The van der Waals surface area contributed by atoms with E-state index in [1.54, 1.807) is 0 Å². The number of anilines is 3. The Morgan fingerprint density at radius 1 is 0.309 bits per heavy atom. The average Bonchev–Trinajstić information content (AvgIpc) is 0.721. The summed E-state index contributed by atoms with van der Waals surface area (Å²) in [5, 5.41) is 4.88. The fourth-order valence-corrected chi connectivity index (χ4v) is 17.0. The highest BCUT2D eigenvalue weighted by Crippen LogP contribution is 2.51. The topological polar surface area (TPSA) is 40.8 Å². The molecule has 0 radical (unpaired) electrons. The third-order valence-electron chi connectivity index (χ3n) is 21.5. The first-order valence-corrected chi connectivity index (χ1v) is 33.1. The lowest BCUT2D eigenvalue weighted by Gasteiger charge is -2.43. The van der Waals surface area contributed by atoms with Crippen LogP contribution in [0.15, 0.2) is 273 Å². The molecular weight excluding hydrogens is 1140 g/mol. The highest BCUT2D eigenvalue weighted by Gasteiger charge is 2.45. The summed E-state index contributed by atoms with van der Waals surface area (Å²) in [6.45, 7) is 9.41. The number of rotatable bonds is 6. The molecule has 0 spiro atoms. The zero-order valence-electron chi connectivity index (χ0n) is 52.6. The van der Waals surface area contributed by atoms with Crippen LogP contribution < -0.4 is 51.9 Å². The average molecular weight is 1210 g/mol. The van der Waals surface area contributed by atoms with Gasteiger partial charge in [-0.3, -0.25) is 0 Å². The molecule has 0 bridgehead atoms. The highest BCUT2D eigenvalue weighted by atomic mass is 16.5. The summed E-state index contributed by atoms with van der Waals surface area (Å²) >= 11 is 0. The summed E-state index contributed by atoms with van der Waals surface area (Å²) in [4.78, 5) is 2.52. The minimum Gasteiger partial charge on any atom is -0.458 e. The van der Waals surface area contributed by atoms with Crippen molar-refractivity contribution < 1.29 is 14.2 Å². The molecule has 2 aromatic heterocycles. The zero-order valence-corrected chi connectivity index (χ0v) is 52.6. The molecule has 0 unspecified atom stereocenters. The maximum atomic E-state index is 7.63. The Morgan fingerprint density at radius 2 is 0.777 bits per heavy atom. The summed E-state index contributed by atoms with van der Waals surface area (Å²) in [6, 6.07) is 101. The van der Waals surface area contributed by atoms with Gasteiger partial charge in [0.05, 0.1) is 22.1 Å². The Morgan fingerprint density at radius 3 is 1.43 bits per heavy atom. The molecule has 6 heterocycles. The van der Waals surface area contributed by atoms with Gasteiger partial charge in [-0.1, -0.05) is 204 Å². The Bertz CT molecular complexity index is 5660. The molecule has 13 aromatic carbocycles. The lowest BCUT2D eigenvalue weighted by atomic mass is 9.34. The maximum Gasteiger partial charge on any atom is 0.260 e. The van der Waals surface area contributed by atoms with Crippen LogP contribution in [0.1, 0.15) is 51.7 Å². The molecule has 4 aliphatic heterocycles. The molecule has 0 fully saturated rings. The lowest BCUT2D eigenvalue weighted by Crippen LogP contribution is -2.59. The van der Waals surface area contributed by atoms with Crippen LogP contribution >= 0.6 is 0 Å². The van der Waals surface area contributed by atoms with Crippen LogP contribution in [0.2, 0.25) is 0 Å². The fourth-order valence-electron chi connectivity index (χ4n) is 17.0. The van der Waals surface area contributed by atoms with E-state index in [-0.39, 0.29) is 24.3 Å². The van der Waals surface area contributed by atoms with Crippen molar-refractivity contribution in [2.24, 2.45) is 0 Å². The second kappa shape index (κ2) is 19.7. The van der Waals surface area contributed by atoms with E-state index in [1.165, 1.54) is 49.3 Å². The second-order valence-corrected chi connectivity index (χ2v) is 27.7. The van der Waals surface area contributed by atoms with Gasteiger partial charge in [0, 0.05) is 61.5 Å². The molecule has 20 rings (SSSR count). The molecule has 0 saturated carbocycles. The summed E-state index contributed by atoms with van der Waals surface area (Å²) in [7, 11) is 0. The van der Waals surface area contributed by atoms with Crippen LogP contribution in [0.5, 0.6) is 34.5 Å². The minimum absolute atomic E-state index is 0.0220. The third kappa shape index (κ3) is 7.74.